The molecular weight excluding hydrogens is 371 g/mol. The maximum absolute atomic E-state index is 12.4. The van der Waals surface area contributed by atoms with Gasteiger partial charge in [-0.1, -0.05) is 36.4 Å². The second-order valence-electron chi connectivity index (χ2n) is 8.95. The third kappa shape index (κ3) is 2.03. The highest BCUT2D eigenvalue weighted by atomic mass is 127. The summed E-state index contributed by atoms with van der Waals surface area (Å²) in [6.07, 6.45) is 11.8. The van der Waals surface area contributed by atoms with Crippen LogP contribution in [-0.4, -0.2) is 9.71 Å². The maximum atomic E-state index is 12.4. The van der Waals surface area contributed by atoms with E-state index in [1.54, 1.807) is 0 Å². The van der Waals surface area contributed by atoms with Crippen molar-refractivity contribution in [1.82, 2.24) is 0 Å². The van der Waals surface area contributed by atoms with Gasteiger partial charge in [0.15, 0.2) is 0 Å². The Bertz CT molecular complexity index is 460. The molecule has 0 saturated heterocycles. The largest absolute Gasteiger partial charge is 0.299 e. The fraction of sp³-hybridized carbons (Fsp3) is 0.947. The van der Waals surface area contributed by atoms with Gasteiger partial charge in [0.25, 0.3) is 0 Å². The smallest absolute Gasteiger partial charge is 0.139 e. The lowest BCUT2D eigenvalue weighted by atomic mass is 9.45. The molecule has 118 valence electrons. The van der Waals surface area contributed by atoms with Gasteiger partial charge in [0.2, 0.25) is 0 Å². The van der Waals surface area contributed by atoms with Crippen LogP contribution in [-0.2, 0) is 4.79 Å². The van der Waals surface area contributed by atoms with Crippen molar-refractivity contribution in [2.24, 2.45) is 34.5 Å². The number of carbonyl (C=O) groups excluding carboxylic acids is 1. The van der Waals surface area contributed by atoms with Gasteiger partial charge in [-0.25, -0.2) is 0 Å². The maximum Gasteiger partial charge on any atom is 0.139 e. The molecule has 21 heavy (non-hydrogen) atoms. The van der Waals surface area contributed by atoms with Crippen LogP contribution >= 0.6 is 22.6 Å². The van der Waals surface area contributed by atoms with E-state index < -0.39 is 0 Å². The van der Waals surface area contributed by atoms with Crippen LogP contribution in [0.5, 0.6) is 0 Å². The summed E-state index contributed by atoms with van der Waals surface area (Å²) in [5, 5.41) is 0. The van der Waals surface area contributed by atoms with Gasteiger partial charge in [-0.2, -0.15) is 0 Å². The molecule has 1 nitrogen and oxygen atoms in total. The number of Topliss-reactive ketones (excluding diaryl/α,β-unsaturated/α-hetero) is 1. The van der Waals surface area contributed by atoms with E-state index in [-0.39, 0.29) is 5.41 Å². The molecule has 4 aliphatic rings. The van der Waals surface area contributed by atoms with Gasteiger partial charge in [0.1, 0.15) is 5.78 Å². The molecule has 4 aliphatic carbocycles. The molecule has 0 aliphatic heterocycles. The van der Waals surface area contributed by atoms with E-state index in [4.69, 9.17) is 0 Å². The first kappa shape index (κ1) is 15.0. The molecule has 0 aromatic carbocycles. The van der Waals surface area contributed by atoms with Crippen molar-refractivity contribution in [1.29, 1.82) is 0 Å². The Labute approximate surface area is 143 Å². The van der Waals surface area contributed by atoms with Crippen LogP contribution in [0.2, 0.25) is 0 Å². The fourth-order valence-corrected chi connectivity index (χ4v) is 7.90. The summed E-state index contributed by atoms with van der Waals surface area (Å²) >= 11 is 2.69. The highest BCUT2D eigenvalue weighted by molar-refractivity contribution is 14.1. The molecule has 4 rings (SSSR count). The Morgan fingerprint density at radius 3 is 2.62 bits per heavy atom. The predicted octanol–water partition coefficient (Wildman–Crippen LogP) is 5.40. The standard InChI is InChI=1S/C19H29IO/c1-18-9-7-13(20)11-12(18)3-4-14-15-5-6-17(21)19(15,2)10-8-16(14)18/h12-16H,3-11H2,1-2H3/t12-,13+,14-,15-,16-,18-,19-/m0/s1. The summed E-state index contributed by atoms with van der Waals surface area (Å²) in [5.41, 5.74) is 0.655. The first-order valence-electron chi connectivity index (χ1n) is 9.12. The lowest BCUT2D eigenvalue weighted by Crippen LogP contribution is -2.53. The zero-order chi connectivity index (χ0) is 14.8. The molecular formula is C19H29IO. The van der Waals surface area contributed by atoms with Crippen molar-refractivity contribution in [3.63, 3.8) is 0 Å². The van der Waals surface area contributed by atoms with E-state index in [9.17, 15) is 4.79 Å². The average Bonchev–Trinajstić information content (AvgIpc) is 2.76. The van der Waals surface area contributed by atoms with Crippen LogP contribution in [0, 0.1) is 34.5 Å². The quantitative estimate of drug-likeness (QED) is 0.393. The third-order valence-corrected chi connectivity index (χ3v) is 9.44. The molecule has 2 heteroatoms. The fourth-order valence-electron chi connectivity index (χ4n) is 6.98. The van der Waals surface area contributed by atoms with Gasteiger partial charge in [0.05, 0.1) is 0 Å². The van der Waals surface area contributed by atoms with Crippen LogP contribution in [0.4, 0.5) is 0 Å². The summed E-state index contributed by atoms with van der Waals surface area (Å²) in [6.45, 7) is 4.93. The van der Waals surface area contributed by atoms with E-state index in [1.807, 2.05) is 0 Å². The summed E-state index contributed by atoms with van der Waals surface area (Å²) in [7, 11) is 0. The Balaban J connectivity index is 1.64. The third-order valence-electron chi connectivity index (χ3n) is 8.31. The lowest BCUT2D eigenvalue weighted by molar-refractivity contribution is -0.138. The summed E-state index contributed by atoms with van der Waals surface area (Å²) in [4.78, 5) is 12.4. The molecule has 0 aromatic heterocycles. The van der Waals surface area contributed by atoms with E-state index in [0.29, 0.717) is 11.2 Å². The number of fused-ring (bicyclic) bond motifs is 5. The summed E-state index contributed by atoms with van der Waals surface area (Å²) in [5.74, 6) is 4.07. The molecule has 4 fully saturated rings. The highest BCUT2D eigenvalue weighted by Crippen LogP contribution is 2.65. The van der Waals surface area contributed by atoms with Gasteiger partial charge in [-0.05, 0) is 80.5 Å². The van der Waals surface area contributed by atoms with Crippen molar-refractivity contribution < 1.29 is 4.79 Å². The SMILES string of the molecule is C[C@]12CC[C@@H](I)C[C@@H]1CC[C@@H]1[C@@H]2CC[C@]2(C)C(=O)CC[C@@H]12. The molecule has 0 spiro atoms. The van der Waals surface area contributed by atoms with Crippen LogP contribution in [0.15, 0.2) is 0 Å². The topological polar surface area (TPSA) is 17.1 Å². The number of halogens is 1. The summed E-state index contributed by atoms with van der Waals surface area (Å²) < 4.78 is 0.916. The molecule has 7 atom stereocenters. The Kier molecular flexibility index (Phi) is 3.52. The van der Waals surface area contributed by atoms with Gasteiger partial charge in [-0.15, -0.1) is 0 Å². The molecule has 4 saturated carbocycles. The van der Waals surface area contributed by atoms with E-state index >= 15 is 0 Å². The van der Waals surface area contributed by atoms with Gasteiger partial charge in [0, 0.05) is 15.8 Å². The van der Waals surface area contributed by atoms with Gasteiger partial charge < -0.3 is 0 Å². The minimum Gasteiger partial charge on any atom is -0.299 e. The number of hydrogen-bond acceptors (Lipinski definition) is 1. The molecule has 0 unspecified atom stereocenters. The molecule has 0 bridgehead atoms. The lowest BCUT2D eigenvalue weighted by Gasteiger charge is -2.60. The predicted molar refractivity (Wildman–Crippen MR) is 94.5 cm³/mol. The van der Waals surface area contributed by atoms with Crippen LogP contribution in [0.25, 0.3) is 0 Å². The van der Waals surface area contributed by atoms with Crippen LogP contribution in [0.1, 0.15) is 71.6 Å². The minimum atomic E-state index is 0.0603. The van der Waals surface area contributed by atoms with Crippen molar-refractivity contribution in [2.45, 2.75) is 75.6 Å². The van der Waals surface area contributed by atoms with E-state index in [1.165, 1.54) is 51.4 Å². The van der Waals surface area contributed by atoms with Crippen molar-refractivity contribution in [2.75, 3.05) is 0 Å². The second kappa shape index (κ2) is 4.95. The average molecular weight is 400 g/mol. The van der Waals surface area contributed by atoms with Gasteiger partial charge >= 0.3 is 0 Å². The number of hydrogen-bond donors (Lipinski definition) is 0. The molecule has 0 heterocycles. The van der Waals surface area contributed by atoms with Crippen molar-refractivity contribution >= 4 is 28.4 Å². The summed E-state index contributed by atoms with van der Waals surface area (Å²) in [6, 6.07) is 0. The normalized spacial score (nSPS) is 56.5. The Hall–Kier alpha value is 0.400. The minimum absolute atomic E-state index is 0.0603. The Morgan fingerprint density at radius 2 is 1.81 bits per heavy atom. The second-order valence-corrected chi connectivity index (χ2v) is 10.7. The van der Waals surface area contributed by atoms with Crippen molar-refractivity contribution in [3.8, 4) is 0 Å². The van der Waals surface area contributed by atoms with Crippen LogP contribution in [0.3, 0.4) is 0 Å². The zero-order valence-electron chi connectivity index (χ0n) is 13.5. The highest BCUT2D eigenvalue weighted by Gasteiger charge is 2.59. The van der Waals surface area contributed by atoms with E-state index in [0.717, 1.165) is 34.0 Å². The number of alkyl halides is 1. The first-order valence-corrected chi connectivity index (χ1v) is 10.4. The van der Waals surface area contributed by atoms with E-state index in [2.05, 4.69) is 36.4 Å². The molecule has 0 radical (unpaired) electrons. The molecule has 0 aromatic rings. The Morgan fingerprint density at radius 1 is 1.00 bits per heavy atom. The number of carbonyl (C=O) groups is 1. The molecule has 0 amide bonds. The molecule has 0 N–H and O–H groups in total. The monoisotopic (exact) mass is 400 g/mol. The zero-order valence-corrected chi connectivity index (χ0v) is 15.7. The first-order chi connectivity index (χ1) is 9.95. The van der Waals surface area contributed by atoms with Gasteiger partial charge in [-0.3, -0.25) is 4.79 Å². The number of ketones is 1. The number of rotatable bonds is 0. The van der Waals surface area contributed by atoms with Crippen molar-refractivity contribution in [3.05, 3.63) is 0 Å². The van der Waals surface area contributed by atoms with Crippen LogP contribution < -0.4 is 0 Å².